The van der Waals surface area contributed by atoms with Crippen molar-refractivity contribution in [3.63, 3.8) is 0 Å². The minimum atomic E-state index is -0.901. The van der Waals surface area contributed by atoms with Crippen LogP contribution in [-0.4, -0.2) is 35.8 Å². The minimum Gasteiger partial charge on any atom is -0.467 e. The smallest absolute Gasteiger partial charge is 0.408 e. The highest BCUT2D eigenvalue weighted by Crippen LogP contribution is 2.50. The number of benzene rings is 2. The molecule has 0 bridgehead atoms. The van der Waals surface area contributed by atoms with Crippen molar-refractivity contribution in [1.29, 1.82) is 0 Å². The van der Waals surface area contributed by atoms with Gasteiger partial charge < -0.3 is 20.1 Å². The van der Waals surface area contributed by atoms with Gasteiger partial charge in [-0.1, -0.05) is 53.5 Å². The molecule has 10 heteroatoms. The number of alkyl carbamates (subject to hydrolysis) is 1. The number of anilines is 1. The van der Waals surface area contributed by atoms with Gasteiger partial charge in [-0.05, 0) is 56.5 Å². The number of fused-ring (bicyclic) bond motifs is 1. The lowest BCUT2D eigenvalue weighted by Crippen LogP contribution is -2.45. The molecule has 206 valence electrons. The number of methoxy groups -OCH3 is 1. The third-order valence-corrected chi connectivity index (χ3v) is 8.00. The molecule has 1 amide bonds. The van der Waals surface area contributed by atoms with Gasteiger partial charge in [-0.2, -0.15) is 0 Å². The zero-order valence-corrected chi connectivity index (χ0v) is 24.5. The summed E-state index contributed by atoms with van der Waals surface area (Å²) in [4.78, 5) is 30.2. The number of carbonyl (C=O) groups excluding carboxylic acids is 2. The topological polar surface area (TPSA) is 89.5 Å². The molecule has 0 fully saturated rings. The number of halogens is 2. The highest BCUT2D eigenvalue weighted by atomic mass is 35.5. The number of pyridine rings is 1. The lowest BCUT2D eigenvalue weighted by Gasteiger charge is -2.34. The quantitative estimate of drug-likeness (QED) is 0.278. The molecule has 39 heavy (non-hydrogen) atoms. The third kappa shape index (κ3) is 7.59. The molecule has 1 aliphatic rings. The summed E-state index contributed by atoms with van der Waals surface area (Å²) < 4.78 is 10.3. The van der Waals surface area contributed by atoms with Crippen LogP contribution in [0.2, 0.25) is 10.0 Å². The predicted octanol–water partition coefficient (Wildman–Crippen LogP) is 7.39. The summed E-state index contributed by atoms with van der Waals surface area (Å²) in [5.74, 6) is -0.547. The summed E-state index contributed by atoms with van der Waals surface area (Å²) in [6.45, 7) is 5.29. The van der Waals surface area contributed by atoms with E-state index in [0.717, 1.165) is 33.7 Å². The molecule has 0 spiro atoms. The van der Waals surface area contributed by atoms with Crippen molar-refractivity contribution in [2.75, 3.05) is 12.4 Å². The van der Waals surface area contributed by atoms with Gasteiger partial charge in [0.05, 0.1) is 23.2 Å². The first kappa shape index (κ1) is 29.1. The van der Waals surface area contributed by atoms with Crippen LogP contribution in [0.3, 0.4) is 0 Å². The molecular formula is C29H31Cl2N3O4S. The van der Waals surface area contributed by atoms with Gasteiger partial charge >= 0.3 is 12.1 Å². The fourth-order valence-electron chi connectivity index (χ4n) is 4.46. The van der Waals surface area contributed by atoms with Gasteiger partial charge in [-0.15, -0.1) is 11.8 Å². The van der Waals surface area contributed by atoms with Gasteiger partial charge in [0.2, 0.25) is 0 Å². The molecule has 2 aromatic carbocycles. The van der Waals surface area contributed by atoms with Crippen molar-refractivity contribution in [2.45, 2.75) is 61.4 Å². The monoisotopic (exact) mass is 587 g/mol. The van der Waals surface area contributed by atoms with E-state index in [0.29, 0.717) is 10.0 Å². The lowest BCUT2D eigenvalue weighted by molar-refractivity contribution is -0.143. The second-order valence-electron chi connectivity index (χ2n) is 10.2. The number of amides is 1. The molecular weight excluding hydrogens is 557 g/mol. The molecule has 0 saturated carbocycles. The molecule has 3 atom stereocenters. The number of carbonyl (C=O) groups is 2. The standard InChI is InChI=1S/C29H31Cl2N3O4S/c1-29(2,3)38-28(36)34-24(27(35)37-4)13-17-10-11-22-19(12-17)25(39-18-8-6-5-7-9-18)14-23(33-22)26-20(30)15-32-16-21(26)31/h5-12,15-16,23-25,33H,13-14H2,1-4H3,(H,34,36)/t23?,24-,25?/m0/s1. The van der Waals surface area contributed by atoms with Crippen LogP contribution in [0.15, 0.2) is 65.8 Å². The molecule has 1 aromatic heterocycles. The van der Waals surface area contributed by atoms with Gasteiger partial charge in [0.1, 0.15) is 11.6 Å². The molecule has 7 nitrogen and oxygen atoms in total. The number of thioether (sulfide) groups is 1. The molecule has 3 aromatic rings. The Morgan fingerprint density at radius 3 is 2.46 bits per heavy atom. The Balaban J connectivity index is 1.64. The summed E-state index contributed by atoms with van der Waals surface area (Å²) in [5.41, 5.74) is 3.02. The average molecular weight is 589 g/mol. The Hall–Kier alpha value is -2.94. The molecule has 0 aliphatic carbocycles. The highest BCUT2D eigenvalue weighted by Gasteiger charge is 2.32. The number of ether oxygens (including phenoxy) is 2. The highest BCUT2D eigenvalue weighted by molar-refractivity contribution is 7.99. The number of hydrogen-bond acceptors (Lipinski definition) is 7. The van der Waals surface area contributed by atoms with Crippen LogP contribution in [0.1, 0.15) is 55.2 Å². The first-order chi connectivity index (χ1) is 18.5. The van der Waals surface area contributed by atoms with E-state index in [1.165, 1.54) is 7.11 Å². The van der Waals surface area contributed by atoms with Gasteiger partial charge in [-0.25, -0.2) is 9.59 Å². The fraction of sp³-hybridized carbons (Fsp3) is 0.345. The van der Waals surface area contributed by atoms with E-state index in [1.807, 2.05) is 30.3 Å². The summed E-state index contributed by atoms with van der Waals surface area (Å²) in [6, 6.07) is 15.1. The molecule has 4 rings (SSSR count). The zero-order chi connectivity index (χ0) is 28.2. The Bertz CT molecular complexity index is 1310. The van der Waals surface area contributed by atoms with Crippen molar-refractivity contribution >= 4 is 52.7 Å². The van der Waals surface area contributed by atoms with Crippen LogP contribution < -0.4 is 10.6 Å². The maximum Gasteiger partial charge on any atom is 0.408 e. The van der Waals surface area contributed by atoms with Crippen molar-refractivity contribution in [1.82, 2.24) is 10.3 Å². The summed E-state index contributed by atoms with van der Waals surface area (Å²) in [7, 11) is 1.30. The largest absolute Gasteiger partial charge is 0.467 e. The van der Waals surface area contributed by atoms with Crippen LogP contribution in [0.4, 0.5) is 10.5 Å². The average Bonchev–Trinajstić information content (AvgIpc) is 2.87. The van der Waals surface area contributed by atoms with E-state index in [-0.39, 0.29) is 17.7 Å². The number of rotatable bonds is 7. The van der Waals surface area contributed by atoms with Gasteiger partial charge in [0, 0.05) is 40.2 Å². The number of nitrogens with one attached hydrogen (secondary N) is 2. The Morgan fingerprint density at radius 2 is 1.82 bits per heavy atom. The number of aromatic nitrogens is 1. The van der Waals surface area contributed by atoms with Crippen LogP contribution in [0.5, 0.6) is 0 Å². The molecule has 2 heterocycles. The van der Waals surface area contributed by atoms with E-state index >= 15 is 0 Å². The summed E-state index contributed by atoms with van der Waals surface area (Å²) >= 11 is 14.8. The third-order valence-electron chi connectivity index (χ3n) is 6.12. The molecule has 2 N–H and O–H groups in total. The maximum atomic E-state index is 12.5. The van der Waals surface area contributed by atoms with E-state index in [1.54, 1.807) is 44.9 Å². The molecule has 1 aliphatic heterocycles. The fourth-order valence-corrected chi connectivity index (χ4v) is 6.35. The van der Waals surface area contributed by atoms with Crippen LogP contribution >= 0.6 is 35.0 Å². The second kappa shape index (κ2) is 12.5. The van der Waals surface area contributed by atoms with Crippen molar-refractivity contribution in [2.24, 2.45) is 0 Å². The van der Waals surface area contributed by atoms with Gasteiger partial charge in [0.15, 0.2) is 0 Å². The number of esters is 1. The van der Waals surface area contributed by atoms with Crippen LogP contribution in [0, 0.1) is 0 Å². The van der Waals surface area contributed by atoms with Crippen LogP contribution in [0.25, 0.3) is 0 Å². The maximum absolute atomic E-state index is 12.5. The second-order valence-corrected chi connectivity index (χ2v) is 12.3. The summed E-state index contributed by atoms with van der Waals surface area (Å²) in [6.07, 6.45) is 3.49. The zero-order valence-electron chi connectivity index (χ0n) is 22.2. The SMILES string of the molecule is COC(=O)[C@H](Cc1ccc2c(c1)C(Sc1ccccc1)CC(c1c(Cl)cncc1Cl)N2)NC(=O)OC(C)(C)C. The molecule has 0 saturated heterocycles. The van der Waals surface area contributed by atoms with E-state index in [4.69, 9.17) is 32.7 Å². The van der Waals surface area contributed by atoms with Gasteiger partial charge in [-0.3, -0.25) is 4.98 Å². The normalized spacial score (nSPS) is 17.4. The van der Waals surface area contributed by atoms with Crippen molar-refractivity contribution in [3.05, 3.63) is 87.7 Å². The molecule has 0 radical (unpaired) electrons. The van der Waals surface area contributed by atoms with Crippen LogP contribution in [-0.2, 0) is 20.7 Å². The van der Waals surface area contributed by atoms with E-state index in [2.05, 4.69) is 33.8 Å². The first-order valence-corrected chi connectivity index (χ1v) is 14.1. The van der Waals surface area contributed by atoms with Crippen molar-refractivity contribution < 1.29 is 19.1 Å². The first-order valence-electron chi connectivity index (χ1n) is 12.5. The summed E-state index contributed by atoms with van der Waals surface area (Å²) in [5, 5.41) is 7.33. The Kier molecular flexibility index (Phi) is 9.31. The van der Waals surface area contributed by atoms with Crippen molar-refractivity contribution in [3.8, 4) is 0 Å². The predicted molar refractivity (Wildman–Crippen MR) is 156 cm³/mol. The Labute approximate surface area is 243 Å². The Morgan fingerprint density at radius 1 is 1.13 bits per heavy atom. The van der Waals surface area contributed by atoms with E-state index < -0.39 is 23.7 Å². The minimum absolute atomic E-state index is 0.0595. The molecule has 2 unspecified atom stereocenters. The number of nitrogens with zero attached hydrogens (tertiary/aromatic N) is 1. The van der Waals surface area contributed by atoms with Gasteiger partial charge in [0.25, 0.3) is 0 Å². The van der Waals surface area contributed by atoms with E-state index in [9.17, 15) is 9.59 Å². The number of hydrogen-bond donors (Lipinski definition) is 2. The lowest BCUT2D eigenvalue weighted by atomic mass is 9.91.